The van der Waals surface area contributed by atoms with Gasteiger partial charge < -0.3 is 0 Å². The van der Waals surface area contributed by atoms with Gasteiger partial charge >= 0.3 is 0 Å². The molecule has 0 aliphatic rings. The molecule has 2 aromatic rings. The standard InChI is InChI=1S/C16H18N2O2/c1-11(2)10-18-15(13-7-5-4-6-8-13)17-9-14(12(3)19)16(18)20/h4-9,11H,10H2,1-3H3. The molecule has 1 heterocycles. The molecule has 0 radical (unpaired) electrons. The summed E-state index contributed by atoms with van der Waals surface area (Å²) in [6.07, 6.45) is 1.38. The Hall–Kier alpha value is -2.23. The van der Waals surface area contributed by atoms with Gasteiger partial charge in [0.15, 0.2) is 5.78 Å². The highest BCUT2D eigenvalue weighted by Gasteiger charge is 2.15. The van der Waals surface area contributed by atoms with Crippen molar-refractivity contribution in [2.45, 2.75) is 27.3 Å². The minimum absolute atomic E-state index is 0.144. The normalized spacial score (nSPS) is 10.8. The highest BCUT2D eigenvalue weighted by Crippen LogP contribution is 2.16. The lowest BCUT2D eigenvalue weighted by Gasteiger charge is -2.15. The van der Waals surface area contributed by atoms with E-state index in [1.807, 2.05) is 44.2 Å². The predicted molar refractivity (Wildman–Crippen MR) is 78.8 cm³/mol. The first-order chi connectivity index (χ1) is 9.50. The number of nitrogens with zero attached hydrogens (tertiary/aromatic N) is 2. The van der Waals surface area contributed by atoms with Crippen molar-refractivity contribution in [3.63, 3.8) is 0 Å². The zero-order valence-corrected chi connectivity index (χ0v) is 12.0. The number of aromatic nitrogens is 2. The number of ketones is 1. The highest BCUT2D eigenvalue weighted by atomic mass is 16.1. The maximum Gasteiger partial charge on any atom is 0.264 e. The van der Waals surface area contributed by atoms with Gasteiger partial charge in [0.25, 0.3) is 5.56 Å². The summed E-state index contributed by atoms with van der Waals surface area (Å²) in [5, 5.41) is 0. The SMILES string of the molecule is CC(=O)c1cnc(-c2ccccc2)n(CC(C)C)c1=O. The van der Waals surface area contributed by atoms with Crippen LogP contribution in [0.4, 0.5) is 0 Å². The summed E-state index contributed by atoms with van der Waals surface area (Å²) in [4.78, 5) is 28.3. The molecule has 20 heavy (non-hydrogen) atoms. The molecule has 2 rings (SSSR count). The monoisotopic (exact) mass is 270 g/mol. The molecule has 0 unspecified atom stereocenters. The number of hydrogen-bond donors (Lipinski definition) is 0. The third-order valence-corrected chi connectivity index (χ3v) is 3.01. The Bertz CT molecular complexity index is 673. The van der Waals surface area contributed by atoms with Crippen LogP contribution in [0, 0.1) is 5.92 Å². The molecule has 104 valence electrons. The van der Waals surface area contributed by atoms with Crippen LogP contribution in [0.2, 0.25) is 0 Å². The Morgan fingerprint density at radius 1 is 1.25 bits per heavy atom. The summed E-state index contributed by atoms with van der Waals surface area (Å²) in [6, 6.07) is 9.54. The quantitative estimate of drug-likeness (QED) is 0.803. The van der Waals surface area contributed by atoms with Gasteiger partial charge in [0.05, 0.1) is 0 Å². The number of Topliss-reactive ketones (excluding diaryl/α,β-unsaturated/α-hetero) is 1. The maximum absolute atomic E-state index is 12.4. The van der Waals surface area contributed by atoms with E-state index in [0.717, 1.165) is 5.56 Å². The molecule has 0 N–H and O–H groups in total. The van der Waals surface area contributed by atoms with Crippen LogP contribution < -0.4 is 5.56 Å². The third-order valence-electron chi connectivity index (χ3n) is 3.01. The smallest absolute Gasteiger partial charge is 0.264 e. The Morgan fingerprint density at radius 3 is 2.45 bits per heavy atom. The van der Waals surface area contributed by atoms with Crippen molar-refractivity contribution in [3.8, 4) is 11.4 Å². The second-order valence-electron chi connectivity index (χ2n) is 5.23. The van der Waals surface area contributed by atoms with E-state index in [2.05, 4.69) is 4.98 Å². The van der Waals surface area contributed by atoms with E-state index in [1.165, 1.54) is 13.1 Å². The highest BCUT2D eigenvalue weighted by molar-refractivity contribution is 5.93. The molecule has 1 aromatic heterocycles. The molecule has 4 heteroatoms. The predicted octanol–water partition coefficient (Wildman–Crippen LogP) is 2.77. The topological polar surface area (TPSA) is 52.0 Å². The molecule has 0 spiro atoms. The van der Waals surface area contributed by atoms with Gasteiger partial charge in [-0.1, -0.05) is 44.2 Å². The first kappa shape index (κ1) is 14.2. The fourth-order valence-corrected chi connectivity index (χ4v) is 2.09. The molecule has 4 nitrogen and oxygen atoms in total. The molecule has 1 aromatic carbocycles. The minimum Gasteiger partial charge on any atom is -0.294 e. The van der Waals surface area contributed by atoms with E-state index in [9.17, 15) is 9.59 Å². The van der Waals surface area contributed by atoms with Gasteiger partial charge in [-0.15, -0.1) is 0 Å². The van der Waals surface area contributed by atoms with Crippen LogP contribution in [0.5, 0.6) is 0 Å². The maximum atomic E-state index is 12.4. The van der Waals surface area contributed by atoms with E-state index < -0.39 is 0 Å². The summed E-state index contributed by atoms with van der Waals surface area (Å²) in [6.45, 7) is 5.99. The van der Waals surface area contributed by atoms with Crippen LogP contribution in [-0.2, 0) is 6.54 Å². The van der Waals surface area contributed by atoms with E-state index >= 15 is 0 Å². The van der Waals surface area contributed by atoms with Crippen molar-refractivity contribution in [2.24, 2.45) is 5.92 Å². The number of rotatable bonds is 4. The van der Waals surface area contributed by atoms with E-state index in [-0.39, 0.29) is 16.9 Å². The lowest BCUT2D eigenvalue weighted by molar-refractivity contribution is 0.101. The van der Waals surface area contributed by atoms with Gasteiger partial charge in [-0.2, -0.15) is 0 Å². The zero-order chi connectivity index (χ0) is 14.7. The van der Waals surface area contributed by atoms with Crippen LogP contribution in [0.15, 0.2) is 41.3 Å². The lowest BCUT2D eigenvalue weighted by Crippen LogP contribution is -2.29. The Kier molecular flexibility index (Phi) is 4.13. The van der Waals surface area contributed by atoms with Crippen molar-refractivity contribution in [1.82, 2.24) is 9.55 Å². The zero-order valence-electron chi connectivity index (χ0n) is 12.0. The summed E-state index contributed by atoms with van der Waals surface area (Å²) in [7, 11) is 0. The molecular formula is C16H18N2O2. The first-order valence-electron chi connectivity index (χ1n) is 6.67. The van der Waals surface area contributed by atoms with E-state index in [4.69, 9.17) is 0 Å². The molecule has 0 fully saturated rings. The van der Waals surface area contributed by atoms with Crippen molar-refractivity contribution in [1.29, 1.82) is 0 Å². The molecule has 0 atom stereocenters. The second kappa shape index (κ2) is 5.82. The average molecular weight is 270 g/mol. The van der Waals surface area contributed by atoms with Crippen LogP contribution in [0.25, 0.3) is 11.4 Å². The average Bonchev–Trinajstić information content (AvgIpc) is 2.41. The number of hydrogen-bond acceptors (Lipinski definition) is 3. The number of carbonyl (C=O) groups excluding carboxylic acids is 1. The Labute approximate surface area is 118 Å². The van der Waals surface area contributed by atoms with Crippen molar-refractivity contribution < 1.29 is 4.79 Å². The fraction of sp³-hybridized carbons (Fsp3) is 0.312. The van der Waals surface area contributed by atoms with Crippen molar-refractivity contribution in [3.05, 3.63) is 52.4 Å². The second-order valence-corrected chi connectivity index (χ2v) is 5.23. The third kappa shape index (κ3) is 2.85. The van der Waals surface area contributed by atoms with Gasteiger partial charge in [-0.05, 0) is 12.8 Å². The molecule has 0 aliphatic heterocycles. The summed E-state index contributed by atoms with van der Waals surface area (Å²) >= 11 is 0. The number of benzene rings is 1. The van der Waals surface area contributed by atoms with Gasteiger partial charge in [0.1, 0.15) is 11.4 Å². The Morgan fingerprint density at radius 2 is 1.90 bits per heavy atom. The van der Waals surface area contributed by atoms with Gasteiger partial charge in [0.2, 0.25) is 0 Å². The van der Waals surface area contributed by atoms with Gasteiger partial charge in [-0.25, -0.2) is 4.98 Å². The van der Waals surface area contributed by atoms with Crippen LogP contribution in [0.3, 0.4) is 0 Å². The van der Waals surface area contributed by atoms with Crippen molar-refractivity contribution >= 4 is 5.78 Å². The molecule has 0 saturated carbocycles. The molecule has 0 bridgehead atoms. The molecule has 0 amide bonds. The summed E-state index contributed by atoms with van der Waals surface area (Å²) < 4.78 is 1.59. The van der Waals surface area contributed by atoms with E-state index in [0.29, 0.717) is 18.3 Å². The first-order valence-corrected chi connectivity index (χ1v) is 6.67. The number of carbonyl (C=O) groups is 1. The summed E-state index contributed by atoms with van der Waals surface area (Å²) in [5.41, 5.74) is 0.755. The van der Waals surface area contributed by atoms with Crippen LogP contribution in [0.1, 0.15) is 31.1 Å². The molecule has 0 aliphatic carbocycles. The Balaban J connectivity index is 2.66. The lowest BCUT2D eigenvalue weighted by atomic mass is 10.1. The molecular weight excluding hydrogens is 252 g/mol. The largest absolute Gasteiger partial charge is 0.294 e. The van der Waals surface area contributed by atoms with E-state index in [1.54, 1.807) is 4.57 Å². The summed E-state index contributed by atoms with van der Waals surface area (Å²) in [5.74, 6) is 0.646. The van der Waals surface area contributed by atoms with Gasteiger partial charge in [0, 0.05) is 18.3 Å². The van der Waals surface area contributed by atoms with Crippen LogP contribution in [-0.4, -0.2) is 15.3 Å². The molecule has 0 saturated heterocycles. The fourth-order valence-electron chi connectivity index (χ4n) is 2.09. The minimum atomic E-state index is -0.264. The van der Waals surface area contributed by atoms with Crippen molar-refractivity contribution in [2.75, 3.05) is 0 Å². The van der Waals surface area contributed by atoms with Crippen LogP contribution >= 0.6 is 0 Å². The van der Waals surface area contributed by atoms with Gasteiger partial charge in [-0.3, -0.25) is 14.2 Å².